The van der Waals surface area contributed by atoms with Gasteiger partial charge in [-0.05, 0) is 19.3 Å². The van der Waals surface area contributed by atoms with Gasteiger partial charge in [-0.15, -0.1) is 0 Å². The summed E-state index contributed by atoms with van der Waals surface area (Å²) in [5.41, 5.74) is -0.375. The maximum atomic E-state index is 12.2. The van der Waals surface area contributed by atoms with Crippen molar-refractivity contribution < 1.29 is 9.84 Å². The Hall–Kier alpha value is -1.80. The standard InChI is InChI=1S/C14H21N5O3/c1-18-5-3-2-4-12(18)16-13-15-9-19(14(21)17-13)10-6-11(7-20)22-8-10/h9-11,20H,2-8H2,1H3/t10-,11-/m0/s1. The molecule has 0 radical (unpaired) electrons. The maximum Gasteiger partial charge on any atom is 0.352 e. The van der Waals surface area contributed by atoms with Crippen LogP contribution in [0.1, 0.15) is 31.7 Å². The van der Waals surface area contributed by atoms with Crippen LogP contribution < -0.4 is 5.69 Å². The average Bonchev–Trinajstić information content (AvgIpc) is 2.98. The number of piperidine rings is 1. The minimum Gasteiger partial charge on any atom is -0.394 e. The van der Waals surface area contributed by atoms with Crippen molar-refractivity contribution in [3.63, 3.8) is 0 Å². The summed E-state index contributed by atoms with van der Waals surface area (Å²) in [7, 11) is 1.99. The molecule has 22 heavy (non-hydrogen) atoms. The summed E-state index contributed by atoms with van der Waals surface area (Å²) in [6, 6.07) is -0.122. The molecule has 1 aromatic heterocycles. The van der Waals surface area contributed by atoms with Gasteiger partial charge in [-0.1, -0.05) is 0 Å². The van der Waals surface area contributed by atoms with Gasteiger partial charge in [0.2, 0.25) is 0 Å². The normalized spacial score (nSPS) is 27.5. The Bertz CT molecular complexity index is 615. The Morgan fingerprint density at radius 1 is 1.50 bits per heavy atom. The van der Waals surface area contributed by atoms with Crippen LogP contribution in [0, 0.1) is 0 Å². The van der Waals surface area contributed by atoms with E-state index in [1.165, 1.54) is 10.9 Å². The third kappa shape index (κ3) is 3.17. The van der Waals surface area contributed by atoms with E-state index in [4.69, 9.17) is 9.84 Å². The average molecular weight is 307 g/mol. The van der Waals surface area contributed by atoms with Crippen LogP contribution in [0.2, 0.25) is 0 Å². The van der Waals surface area contributed by atoms with Crippen LogP contribution in [0.5, 0.6) is 0 Å². The van der Waals surface area contributed by atoms with Gasteiger partial charge < -0.3 is 14.7 Å². The molecule has 0 unspecified atom stereocenters. The largest absolute Gasteiger partial charge is 0.394 e. The summed E-state index contributed by atoms with van der Waals surface area (Å²) >= 11 is 0. The lowest BCUT2D eigenvalue weighted by molar-refractivity contribution is 0.0574. The number of aromatic nitrogens is 3. The lowest BCUT2D eigenvalue weighted by atomic mass is 10.1. The van der Waals surface area contributed by atoms with Gasteiger partial charge in [-0.25, -0.2) is 9.78 Å². The number of aliphatic hydroxyl groups excluding tert-OH is 1. The fourth-order valence-electron chi connectivity index (χ4n) is 2.86. The predicted molar refractivity (Wildman–Crippen MR) is 80.3 cm³/mol. The number of ether oxygens (including phenoxy) is 1. The molecular weight excluding hydrogens is 286 g/mol. The van der Waals surface area contributed by atoms with Crippen LogP contribution in [0.4, 0.5) is 5.95 Å². The Labute approximate surface area is 128 Å². The highest BCUT2D eigenvalue weighted by atomic mass is 16.5. The van der Waals surface area contributed by atoms with Crippen molar-refractivity contribution in [2.45, 2.75) is 37.8 Å². The molecule has 0 saturated carbocycles. The minimum absolute atomic E-state index is 0.0375. The molecule has 120 valence electrons. The molecule has 8 nitrogen and oxygen atoms in total. The summed E-state index contributed by atoms with van der Waals surface area (Å²) in [4.78, 5) is 26.8. The smallest absolute Gasteiger partial charge is 0.352 e. The maximum absolute atomic E-state index is 12.2. The molecular formula is C14H21N5O3. The zero-order valence-corrected chi connectivity index (χ0v) is 12.7. The van der Waals surface area contributed by atoms with E-state index in [0.717, 1.165) is 31.6 Å². The van der Waals surface area contributed by atoms with E-state index in [1.807, 2.05) is 7.05 Å². The first-order valence-electron chi connectivity index (χ1n) is 7.63. The molecule has 0 amide bonds. The van der Waals surface area contributed by atoms with Gasteiger partial charge in [-0.3, -0.25) is 4.57 Å². The van der Waals surface area contributed by atoms with Gasteiger partial charge in [0.25, 0.3) is 5.95 Å². The number of nitrogens with zero attached hydrogens (tertiary/aromatic N) is 5. The van der Waals surface area contributed by atoms with Crippen molar-refractivity contribution in [2.75, 3.05) is 26.8 Å². The van der Waals surface area contributed by atoms with Crippen LogP contribution in [0.3, 0.4) is 0 Å². The summed E-state index contributed by atoms with van der Waals surface area (Å²) in [6.45, 7) is 1.33. The first kappa shape index (κ1) is 15.1. The van der Waals surface area contributed by atoms with Crippen molar-refractivity contribution in [1.29, 1.82) is 0 Å². The lowest BCUT2D eigenvalue weighted by Gasteiger charge is -2.25. The highest BCUT2D eigenvalue weighted by Crippen LogP contribution is 2.22. The monoisotopic (exact) mass is 307 g/mol. The zero-order chi connectivity index (χ0) is 15.5. The Morgan fingerprint density at radius 2 is 2.36 bits per heavy atom. The molecule has 1 N–H and O–H groups in total. The van der Waals surface area contributed by atoms with Crippen LogP contribution in [-0.2, 0) is 4.74 Å². The van der Waals surface area contributed by atoms with Gasteiger partial charge in [0.1, 0.15) is 12.2 Å². The molecule has 2 aliphatic rings. The van der Waals surface area contributed by atoms with Gasteiger partial charge >= 0.3 is 5.69 Å². The van der Waals surface area contributed by atoms with E-state index in [0.29, 0.717) is 13.0 Å². The molecule has 0 aromatic carbocycles. The number of amidine groups is 1. The fraction of sp³-hybridized carbons (Fsp3) is 0.714. The van der Waals surface area contributed by atoms with Gasteiger partial charge in [0, 0.05) is 20.0 Å². The zero-order valence-electron chi connectivity index (χ0n) is 12.7. The molecule has 2 saturated heterocycles. The van der Waals surface area contributed by atoms with E-state index in [9.17, 15) is 4.79 Å². The fourth-order valence-corrected chi connectivity index (χ4v) is 2.86. The van der Waals surface area contributed by atoms with E-state index in [1.54, 1.807) is 0 Å². The Kier molecular flexibility index (Phi) is 4.49. The van der Waals surface area contributed by atoms with Crippen molar-refractivity contribution >= 4 is 11.8 Å². The molecule has 3 heterocycles. The number of aliphatic hydroxyl groups is 1. The summed E-state index contributed by atoms with van der Waals surface area (Å²) in [6.07, 6.45) is 5.00. The summed E-state index contributed by atoms with van der Waals surface area (Å²) in [5.74, 6) is 1.13. The van der Waals surface area contributed by atoms with Gasteiger partial charge in [-0.2, -0.15) is 9.98 Å². The number of hydrogen-bond acceptors (Lipinski definition) is 6. The summed E-state index contributed by atoms with van der Waals surface area (Å²) < 4.78 is 6.85. The number of aliphatic imine (C=N–C) groups is 1. The highest BCUT2D eigenvalue weighted by molar-refractivity contribution is 5.84. The second-order valence-corrected chi connectivity index (χ2v) is 5.78. The molecule has 3 rings (SSSR count). The van der Waals surface area contributed by atoms with Crippen molar-refractivity contribution in [1.82, 2.24) is 19.4 Å². The number of hydrogen-bond donors (Lipinski definition) is 1. The molecule has 8 heteroatoms. The van der Waals surface area contributed by atoms with Crippen LogP contribution in [0.25, 0.3) is 0 Å². The van der Waals surface area contributed by atoms with Gasteiger partial charge in [0.05, 0.1) is 25.4 Å². The number of rotatable bonds is 3. The van der Waals surface area contributed by atoms with Crippen LogP contribution >= 0.6 is 0 Å². The third-order valence-corrected chi connectivity index (χ3v) is 4.18. The highest BCUT2D eigenvalue weighted by Gasteiger charge is 2.27. The first-order valence-corrected chi connectivity index (χ1v) is 7.63. The first-order chi connectivity index (χ1) is 10.7. The quantitative estimate of drug-likeness (QED) is 0.852. The second kappa shape index (κ2) is 6.53. The Balaban J connectivity index is 1.78. The SMILES string of the molecule is CN1CCCCC1=Nc1ncn([C@@H]2CO[C@H](CO)C2)c(=O)n1. The number of likely N-dealkylation sites (tertiary alicyclic amines) is 1. The van der Waals surface area contributed by atoms with Crippen LogP contribution in [-0.4, -0.2) is 63.3 Å². The summed E-state index contributed by atoms with van der Waals surface area (Å²) in [5, 5.41) is 9.09. The van der Waals surface area contributed by atoms with Gasteiger partial charge in [0.15, 0.2) is 0 Å². The molecule has 2 fully saturated rings. The van der Waals surface area contributed by atoms with Crippen molar-refractivity contribution in [2.24, 2.45) is 4.99 Å². The molecule has 0 bridgehead atoms. The molecule has 1 aromatic rings. The van der Waals surface area contributed by atoms with Crippen LogP contribution in [0.15, 0.2) is 16.1 Å². The predicted octanol–water partition coefficient (Wildman–Crippen LogP) is 0.106. The van der Waals surface area contributed by atoms with Crippen molar-refractivity contribution in [3.8, 4) is 0 Å². The van der Waals surface area contributed by atoms with E-state index >= 15 is 0 Å². The second-order valence-electron chi connectivity index (χ2n) is 5.78. The lowest BCUT2D eigenvalue weighted by Crippen LogP contribution is -2.32. The third-order valence-electron chi connectivity index (χ3n) is 4.18. The minimum atomic E-state index is -0.375. The Morgan fingerprint density at radius 3 is 3.05 bits per heavy atom. The van der Waals surface area contributed by atoms with E-state index < -0.39 is 0 Å². The topological polar surface area (TPSA) is 92.8 Å². The molecule has 2 atom stereocenters. The van der Waals surface area contributed by atoms with E-state index in [-0.39, 0.29) is 30.4 Å². The molecule has 2 aliphatic heterocycles. The van der Waals surface area contributed by atoms with Crippen molar-refractivity contribution in [3.05, 3.63) is 16.8 Å². The molecule has 0 aliphatic carbocycles. The molecule has 0 spiro atoms. The van der Waals surface area contributed by atoms with E-state index in [2.05, 4.69) is 19.9 Å².